The average Bonchev–Trinajstić information content (AvgIpc) is 2.98. The zero-order valence-corrected chi connectivity index (χ0v) is 9.74. The van der Waals surface area contributed by atoms with Crippen LogP contribution in [-0.2, 0) is 4.79 Å². The molecule has 1 aliphatic rings. The molecular weight excluding hydrogens is 190 g/mol. The number of hydrogen-bond acceptors (Lipinski definition) is 2. The molecule has 0 aromatic carbocycles. The van der Waals surface area contributed by atoms with Crippen molar-refractivity contribution in [2.24, 2.45) is 0 Å². The SMILES string of the molecule is CCCCCCCN(CC(=O)O)C1CC1. The summed E-state index contributed by atoms with van der Waals surface area (Å²) >= 11 is 0. The molecule has 1 rings (SSSR count). The Kier molecular flexibility index (Phi) is 5.69. The van der Waals surface area contributed by atoms with Gasteiger partial charge in [-0.1, -0.05) is 32.6 Å². The molecule has 3 nitrogen and oxygen atoms in total. The van der Waals surface area contributed by atoms with Crippen LogP contribution in [0.5, 0.6) is 0 Å². The lowest BCUT2D eigenvalue weighted by Gasteiger charge is -2.19. The summed E-state index contributed by atoms with van der Waals surface area (Å²) in [6.07, 6.45) is 8.66. The molecule has 88 valence electrons. The van der Waals surface area contributed by atoms with E-state index >= 15 is 0 Å². The van der Waals surface area contributed by atoms with Crippen molar-refractivity contribution in [3.63, 3.8) is 0 Å². The van der Waals surface area contributed by atoms with Crippen LogP contribution in [0.1, 0.15) is 51.9 Å². The zero-order valence-electron chi connectivity index (χ0n) is 9.74. The Hall–Kier alpha value is -0.570. The van der Waals surface area contributed by atoms with Crippen molar-refractivity contribution in [2.45, 2.75) is 57.9 Å². The van der Waals surface area contributed by atoms with Crippen LogP contribution in [0.2, 0.25) is 0 Å². The van der Waals surface area contributed by atoms with Crippen molar-refractivity contribution >= 4 is 5.97 Å². The Morgan fingerprint density at radius 3 is 2.47 bits per heavy atom. The maximum absolute atomic E-state index is 10.6. The number of aliphatic carboxylic acids is 1. The number of carboxylic acid groups (broad SMARTS) is 1. The van der Waals surface area contributed by atoms with E-state index in [2.05, 4.69) is 11.8 Å². The van der Waals surface area contributed by atoms with Crippen LogP contribution in [0.3, 0.4) is 0 Å². The smallest absolute Gasteiger partial charge is 0.317 e. The van der Waals surface area contributed by atoms with Crippen LogP contribution >= 0.6 is 0 Å². The molecule has 15 heavy (non-hydrogen) atoms. The quantitative estimate of drug-likeness (QED) is 0.598. The van der Waals surface area contributed by atoms with Gasteiger partial charge in [0.2, 0.25) is 0 Å². The molecule has 1 aliphatic carbocycles. The molecular formula is C12H23NO2. The maximum Gasteiger partial charge on any atom is 0.317 e. The van der Waals surface area contributed by atoms with Gasteiger partial charge in [0.05, 0.1) is 6.54 Å². The van der Waals surface area contributed by atoms with Crippen molar-refractivity contribution in [3.05, 3.63) is 0 Å². The highest BCUT2D eigenvalue weighted by Gasteiger charge is 2.29. The van der Waals surface area contributed by atoms with Gasteiger partial charge in [-0.2, -0.15) is 0 Å². The standard InChI is InChI=1S/C12H23NO2/c1-2-3-4-5-6-9-13(10-12(14)15)11-7-8-11/h11H,2-10H2,1H3,(H,14,15). The van der Waals surface area contributed by atoms with Gasteiger partial charge in [0.25, 0.3) is 0 Å². The van der Waals surface area contributed by atoms with Gasteiger partial charge in [-0.3, -0.25) is 9.69 Å². The third kappa shape index (κ3) is 5.78. The molecule has 0 heterocycles. The Balaban J connectivity index is 2.06. The summed E-state index contributed by atoms with van der Waals surface area (Å²) < 4.78 is 0. The summed E-state index contributed by atoms with van der Waals surface area (Å²) in [4.78, 5) is 12.8. The number of carbonyl (C=O) groups is 1. The van der Waals surface area contributed by atoms with Crippen molar-refractivity contribution in [3.8, 4) is 0 Å². The molecule has 0 unspecified atom stereocenters. The van der Waals surface area contributed by atoms with E-state index in [1.165, 1.54) is 38.5 Å². The van der Waals surface area contributed by atoms with Crippen molar-refractivity contribution in [1.82, 2.24) is 4.90 Å². The van der Waals surface area contributed by atoms with Crippen molar-refractivity contribution in [2.75, 3.05) is 13.1 Å². The molecule has 0 amide bonds. The van der Waals surface area contributed by atoms with Crippen LogP contribution in [0.15, 0.2) is 0 Å². The first-order chi connectivity index (χ1) is 7.24. The fraction of sp³-hybridized carbons (Fsp3) is 0.917. The molecule has 0 saturated heterocycles. The van der Waals surface area contributed by atoms with Crippen LogP contribution in [0.25, 0.3) is 0 Å². The van der Waals surface area contributed by atoms with E-state index in [0.717, 1.165) is 13.0 Å². The topological polar surface area (TPSA) is 40.5 Å². The van der Waals surface area contributed by atoms with Crippen LogP contribution in [-0.4, -0.2) is 35.1 Å². The molecule has 0 bridgehead atoms. The fourth-order valence-electron chi connectivity index (χ4n) is 1.92. The van der Waals surface area contributed by atoms with Gasteiger partial charge in [-0.25, -0.2) is 0 Å². The first-order valence-corrected chi connectivity index (χ1v) is 6.20. The number of carboxylic acids is 1. The number of hydrogen-bond donors (Lipinski definition) is 1. The molecule has 0 atom stereocenters. The summed E-state index contributed by atoms with van der Waals surface area (Å²) in [6, 6.07) is 0.576. The van der Waals surface area contributed by atoms with E-state index in [0.29, 0.717) is 6.04 Å². The third-order valence-electron chi connectivity index (χ3n) is 2.95. The normalized spacial score (nSPS) is 15.9. The number of unbranched alkanes of at least 4 members (excludes halogenated alkanes) is 4. The van der Waals surface area contributed by atoms with Gasteiger partial charge in [0, 0.05) is 6.04 Å². The molecule has 3 heteroatoms. The molecule has 0 aromatic heterocycles. The van der Waals surface area contributed by atoms with Crippen LogP contribution in [0, 0.1) is 0 Å². The number of rotatable bonds is 9. The molecule has 0 spiro atoms. The van der Waals surface area contributed by atoms with Crippen molar-refractivity contribution < 1.29 is 9.90 Å². The molecule has 0 radical (unpaired) electrons. The lowest BCUT2D eigenvalue weighted by molar-refractivity contribution is -0.138. The van der Waals surface area contributed by atoms with E-state index in [-0.39, 0.29) is 6.54 Å². The summed E-state index contributed by atoms with van der Waals surface area (Å²) in [5, 5.41) is 8.76. The molecule has 1 fully saturated rings. The predicted molar refractivity (Wildman–Crippen MR) is 61.0 cm³/mol. The van der Waals surface area contributed by atoms with E-state index in [9.17, 15) is 4.79 Å². The molecule has 0 aromatic rings. The summed E-state index contributed by atoms with van der Waals surface area (Å²) in [6.45, 7) is 3.42. The molecule has 1 N–H and O–H groups in total. The lowest BCUT2D eigenvalue weighted by Crippen LogP contribution is -2.32. The average molecular weight is 213 g/mol. The first-order valence-electron chi connectivity index (χ1n) is 6.20. The maximum atomic E-state index is 10.6. The highest BCUT2D eigenvalue weighted by atomic mass is 16.4. The van der Waals surface area contributed by atoms with Crippen molar-refractivity contribution in [1.29, 1.82) is 0 Å². The van der Waals surface area contributed by atoms with Crippen LogP contribution in [0.4, 0.5) is 0 Å². The van der Waals surface area contributed by atoms with E-state index in [1.54, 1.807) is 0 Å². The minimum Gasteiger partial charge on any atom is -0.480 e. The van der Waals surface area contributed by atoms with Gasteiger partial charge in [-0.15, -0.1) is 0 Å². The lowest BCUT2D eigenvalue weighted by atomic mass is 10.1. The first kappa shape index (κ1) is 12.5. The minimum absolute atomic E-state index is 0.235. The van der Waals surface area contributed by atoms with E-state index in [1.807, 2.05) is 0 Å². The summed E-state index contributed by atoms with van der Waals surface area (Å²) in [5.41, 5.74) is 0. The van der Waals surface area contributed by atoms with Crippen LogP contribution < -0.4 is 0 Å². The predicted octanol–water partition coefficient (Wildman–Crippen LogP) is 2.51. The second kappa shape index (κ2) is 6.83. The zero-order chi connectivity index (χ0) is 11.1. The third-order valence-corrected chi connectivity index (χ3v) is 2.95. The Morgan fingerprint density at radius 1 is 1.27 bits per heavy atom. The van der Waals surface area contributed by atoms with Gasteiger partial charge < -0.3 is 5.11 Å². The second-order valence-corrected chi connectivity index (χ2v) is 4.51. The van der Waals surface area contributed by atoms with Gasteiger partial charge in [0.1, 0.15) is 0 Å². The Labute approximate surface area is 92.5 Å². The Bertz CT molecular complexity index is 190. The Morgan fingerprint density at radius 2 is 1.93 bits per heavy atom. The summed E-state index contributed by atoms with van der Waals surface area (Å²) in [7, 11) is 0. The molecule has 0 aliphatic heterocycles. The summed E-state index contributed by atoms with van der Waals surface area (Å²) in [5.74, 6) is -0.685. The van der Waals surface area contributed by atoms with E-state index in [4.69, 9.17) is 5.11 Å². The van der Waals surface area contributed by atoms with Gasteiger partial charge in [0.15, 0.2) is 0 Å². The van der Waals surface area contributed by atoms with Gasteiger partial charge in [-0.05, 0) is 25.8 Å². The molecule has 1 saturated carbocycles. The largest absolute Gasteiger partial charge is 0.480 e. The van der Waals surface area contributed by atoms with E-state index < -0.39 is 5.97 Å². The highest BCUT2D eigenvalue weighted by molar-refractivity contribution is 5.69. The highest BCUT2D eigenvalue weighted by Crippen LogP contribution is 2.26. The minimum atomic E-state index is -0.685. The monoisotopic (exact) mass is 213 g/mol. The number of nitrogens with zero attached hydrogens (tertiary/aromatic N) is 1. The second-order valence-electron chi connectivity index (χ2n) is 4.51. The fourth-order valence-corrected chi connectivity index (χ4v) is 1.92. The van der Waals surface area contributed by atoms with Gasteiger partial charge >= 0.3 is 5.97 Å².